The maximum atomic E-state index is 12.8. The lowest BCUT2D eigenvalue weighted by Gasteiger charge is -2.19. The highest BCUT2D eigenvalue weighted by molar-refractivity contribution is 7.92. The van der Waals surface area contributed by atoms with Gasteiger partial charge in [0.1, 0.15) is 10.7 Å². The van der Waals surface area contributed by atoms with Crippen molar-refractivity contribution in [1.82, 2.24) is 20.3 Å². The van der Waals surface area contributed by atoms with Crippen molar-refractivity contribution in [3.8, 4) is 17.1 Å². The zero-order chi connectivity index (χ0) is 27.7. The summed E-state index contributed by atoms with van der Waals surface area (Å²) in [5, 5.41) is 8.57. The second-order valence-electron chi connectivity index (χ2n) is 9.83. The second-order valence-corrected chi connectivity index (χ2v) is 12.5. The van der Waals surface area contributed by atoms with Gasteiger partial charge in [0.05, 0.1) is 34.4 Å². The van der Waals surface area contributed by atoms with Crippen molar-refractivity contribution < 1.29 is 22.7 Å². The molecular formula is C26H30N6O5S. The number of carbonyl (C=O) groups excluding carboxylic acids is 2. The number of nitrogens with zero attached hydrogens (tertiary/aromatic N) is 3. The van der Waals surface area contributed by atoms with Crippen LogP contribution >= 0.6 is 0 Å². The molecule has 0 atom stereocenters. The monoisotopic (exact) mass is 538 g/mol. The van der Waals surface area contributed by atoms with Gasteiger partial charge in [0.15, 0.2) is 21.4 Å². The standard InChI is InChI=1S/C26H30N6O5S/c1-26(2,3)38(35,36)16-12-29-23(30-13-16)17-7-6-8-19(22(17)37-5)31-20-11-21(32-24(33)15-9-10-15)28-14-18(20)25(34)27-4/h6-8,11-15H,9-10H2,1-5H3,(H,27,34)(H2,28,31,32,33). The Balaban J connectivity index is 1.70. The van der Waals surface area contributed by atoms with Crippen LogP contribution in [0.3, 0.4) is 0 Å². The number of hydrogen-bond donors (Lipinski definition) is 3. The Morgan fingerprint density at radius 2 is 1.71 bits per heavy atom. The molecule has 1 aromatic carbocycles. The van der Waals surface area contributed by atoms with Crippen molar-refractivity contribution in [3.63, 3.8) is 0 Å². The fourth-order valence-electron chi connectivity index (χ4n) is 3.64. The lowest BCUT2D eigenvalue weighted by molar-refractivity contribution is -0.117. The number of para-hydroxylation sites is 1. The SMILES string of the molecule is CNC(=O)c1cnc(NC(=O)C2CC2)cc1Nc1cccc(-c2ncc(S(=O)(=O)C(C)(C)C)cn2)c1OC. The Morgan fingerprint density at radius 3 is 2.29 bits per heavy atom. The largest absolute Gasteiger partial charge is 0.494 e. The van der Waals surface area contributed by atoms with E-state index in [0.717, 1.165) is 12.8 Å². The third-order valence-electron chi connectivity index (χ3n) is 6.05. The van der Waals surface area contributed by atoms with Crippen LogP contribution in [0.5, 0.6) is 5.75 Å². The molecule has 0 aliphatic heterocycles. The van der Waals surface area contributed by atoms with Crippen molar-refractivity contribution >= 4 is 38.8 Å². The zero-order valence-corrected chi connectivity index (χ0v) is 22.6. The molecular weight excluding hydrogens is 508 g/mol. The lowest BCUT2D eigenvalue weighted by atomic mass is 10.1. The Bertz CT molecular complexity index is 1480. The molecule has 0 saturated heterocycles. The molecule has 38 heavy (non-hydrogen) atoms. The van der Waals surface area contributed by atoms with Crippen LogP contribution < -0.4 is 20.7 Å². The predicted molar refractivity (Wildman–Crippen MR) is 143 cm³/mol. The number of sulfone groups is 1. The number of anilines is 3. The minimum atomic E-state index is -3.61. The van der Waals surface area contributed by atoms with Gasteiger partial charge >= 0.3 is 0 Å². The number of aromatic nitrogens is 3. The molecule has 2 amide bonds. The fourth-order valence-corrected chi connectivity index (χ4v) is 4.73. The van der Waals surface area contributed by atoms with Crippen LogP contribution in [-0.2, 0) is 14.6 Å². The van der Waals surface area contributed by atoms with Crippen molar-refractivity contribution in [1.29, 1.82) is 0 Å². The van der Waals surface area contributed by atoms with E-state index in [0.29, 0.717) is 28.5 Å². The highest BCUT2D eigenvalue weighted by Crippen LogP contribution is 2.38. The van der Waals surface area contributed by atoms with Crippen LogP contribution in [0, 0.1) is 5.92 Å². The van der Waals surface area contributed by atoms with Crippen LogP contribution in [-0.4, -0.2) is 54.1 Å². The lowest BCUT2D eigenvalue weighted by Crippen LogP contribution is -2.28. The number of ether oxygens (including phenoxy) is 1. The van der Waals surface area contributed by atoms with Gasteiger partial charge in [-0.2, -0.15) is 0 Å². The maximum absolute atomic E-state index is 12.8. The molecule has 0 radical (unpaired) electrons. The van der Waals surface area contributed by atoms with Gasteiger partial charge in [-0.1, -0.05) is 6.07 Å². The number of carbonyl (C=O) groups is 2. The highest BCUT2D eigenvalue weighted by Gasteiger charge is 2.32. The molecule has 1 aliphatic rings. The van der Waals surface area contributed by atoms with E-state index >= 15 is 0 Å². The van der Waals surface area contributed by atoms with Gasteiger partial charge in [-0.25, -0.2) is 23.4 Å². The quantitative estimate of drug-likeness (QED) is 0.391. The van der Waals surface area contributed by atoms with Gasteiger partial charge in [-0.15, -0.1) is 0 Å². The number of benzene rings is 1. The Kier molecular flexibility index (Phi) is 7.36. The van der Waals surface area contributed by atoms with E-state index in [1.54, 1.807) is 45.0 Å². The van der Waals surface area contributed by atoms with E-state index in [4.69, 9.17) is 4.74 Å². The first kappa shape index (κ1) is 27.0. The first-order valence-electron chi connectivity index (χ1n) is 12.0. The number of methoxy groups -OCH3 is 1. The summed E-state index contributed by atoms with van der Waals surface area (Å²) >= 11 is 0. The Morgan fingerprint density at radius 1 is 1.03 bits per heavy atom. The van der Waals surface area contributed by atoms with Crippen molar-refractivity contribution in [3.05, 3.63) is 48.4 Å². The van der Waals surface area contributed by atoms with Crippen molar-refractivity contribution in [2.75, 3.05) is 24.8 Å². The summed E-state index contributed by atoms with van der Waals surface area (Å²) in [5.41, 5.74) is 1.66. The molecule has 3 N–H and O–H groups in total. The van der Waals surface area contributed by atoms with Gasteiger partial charge < -0.3 is 20.7 Å². The third kappa shape index (κ3) is 5.44. The zero-order valence-electron chi connectivity index (χ0n) is 21.8. The van der Waals surface area contributed by atoms with Gasteiger partial charge in [0.2, 0.25) is 5.91 Å². The molecule has 200 valence electrons. The molecule has 0 spiro atoms. The second kappa shape index (κ2) is 10.4. The van der Waals surface area contributed by atoms with Crippen LogP contribution in [0.15, 0.2) is 47.8 Å². The van der Waals surface area contributed by atoms with E-state index in [1.165, 1.54) is 32.7 Å². The molecule has 3 aromatic rings. The van der Waals surface area contributed by atoms with Crippen LogP contribution in [0.1, 0.15) is 44.0 Å². The Hall–Kier alpha value is -4.06. The summed E-state index contributed by atoms with van der Waals surface area (Å²) in [6.45, 7) is 4.84. The number of pyridine rings is 1. The molecule has 1 aliphatic carbocycles. The van der Waals surface area contributed by atoms with Crippen LogP contribution in [0.25, 0.3) is 11.4 Å². The normalized spacial score (nSPS) is 13.5. The summed E-state index contributed by atoms with van der Waals surface area (Å²) in [6.07, 6.45) is 5.65. The van der Waals surface area contributed by atoms with Gasteiger partial charge in [-0.05, 0) is 45.7 Å². The van der Waals surface area contributed by atoms with E-state index < -0.39 is 14.6 Å². The molecule has 4 rings (SSSR count). The molecule has 2 heterocycles. The van der Waals surface area contributed by atoms with E-state index in [-0.39, 0.29) is 34.0 Å². The van der Waals surface area contributed by atoms with Crippen molar-refractivity contribution in [2.45, 2.75) is 43.3 Å². The number of amides is 2. The predicted octanol–water partition coefficient (Wildman–Crippen LogP) is 3.57. The summed E-state index contributed by atoms with van der Waals surface area (Å²) in [4.78, 5) is 37.6. The molecule has 11 nitrogen and oxygen atoms in total. The number of hydrogen-bond acceptors (Lipinski definition) is 9. The number of rotatable bonds is 8. The van der Waals surface area contributed by atoms with Crippen LogP contribution in [0.4, 0.5) is 17.2 Å². The molecule has 0 bridgehead atoms. The topological polar surface area (TPSA) is 152 Å². The van der Waals surface area contributed by atoms with E-state index in [2.05, 4.69) is 30.9 Å². The molecule has 12 heteroatoms. The smallest absolute Gasteiger partial charge is 0.254 e. The Labute approximate surface area is 221 Å². The average molecular weight is 539 g/mol. The molecule has 0 unspecified atom stereocenters. The van der Waals surface area contributed by atoms with Gasteiger partial charge in [-0.3, -0.25) is 9.59 Å². The van der Waals surface area contributed by atoms with Gasteiger partial charge in [0, 0.05) is 37.6 Å². The average Bonchev–Trinajstić information content (AvgIpc) is 3.73. The minimum absolute atomic E-state index is 0.00613. The fraction of sp³-hybridized carbons (Fsp3) is 0.346. The first-order chi connectivity index (χ1) is 18.0. The van der Waals surface area contributed by atoms with Crippen LogP contribution in [0.2, 0.25) is 0 Å². The maximum Gasteiger partial charge on any atom is 0.254 e. The van der Waals surface area contributed by atoms with Crippen molar-refractivity contribution in [2.24, 2.45) is 5.92 Å². The first-order valence-corrected chi connectivity index (χ1v) is 13.5. The molecule has 1 fully saturated rings. The van der Waals surface area contributed by atoms with E-state index in [1.807, 2.05) is 0 Å². The summed E-state index contributed by atoms with van der Waals surface area (Å²) < 4.78 is 30.2. The van der Waals surface area contributed by atoms with Gasteiger partial charge in [0.25, 0.3) is 5.91 Å². The minimum Gasteiger partial charge on any atom is -0.494 e. The molecule has 2 aromatic heterocycles. The third-order valence-corrected chi connectivity index (χ3v) is 8.49. The highest BCUT2D eigenvalue weighted by atomic mass is 32.2. The van der Waals surface area contributed by atoms with E-state index in [9.17, 15) is 18.0 Å². The summed E-state index contributed by atoms with van der Waals surface area (Å²) in [6, 6.07) is 6.82. The summed E-state index contributed by atoms with van der Waals surface area (Å²) in [7, 11) is -0.619. The molecule has 1 saturated carbocycles. The number of nitrogens with one attached hydrogen (secondary N) is 3. The summed E-state index contributed by atoms with van der Waals surface area (Å²) in [5.74, 6) is 0.470.